The van der Waals surface area contributed by atoms with E-state index >= 15 is 0 Å². The number of likely N-dealkylation sites (N-methyl/N-ethyl adjacent to an activating group) is 1. The highest BCUT2D eigenvalue weighted by molar-refractivity contribution is 5.89. The number of carbonyl (C=O) groups is 1. The number of nitrogen functional groups attached to an aromatic ring is 1. The van der Waals surface area contributed by atoms with Crippen molar-refractivity contribution in [2.45, 2.75) is 33.7 Å². The third-order valence-electron chi connectivity index (χ3n) is 3.17. The number of carbonyl (C=O) groups excluding carboxylic acids is 1. The van der Waals surface area contributed by atoms with Crippen LogP contribution in [0.1, 0.15) is 44.2 Å². The Bertz CT molecular complexity index is 409. The second kappa shape index (κ2) is 7.19. The third kappa shape index (κ3) is 4.28. The summed E-state index contributed by atoms with van der Waals surface area (Å²) >= 11 is 0. The molecule has 0 aromatic carbocycles. The minimum Gasteiger partial charge on any atom is -0.460 e. The summed E-state index contributed by atoms with van der Waals surface area (Å²) < 4.78 is 7.15. The van der Waals surface area contributed by atoms with Gasteiger partial charge in [-0.1, -0.05) is 13.8 Å². The van der Waals surface area contributed by atoms with Crippen LogP contribution in [-0.4, -0.2) is 41.7 Å². The molecule has 2 N–H and O–H groups in total. The van der Waals surface area contributed by atoms with Crippen molar-refractivity contribution in [3.8, 4) is 0 Å². The minimum atomic E-state index is -0.308. The summed E-state index contributed by atoms with van der Waals surface area (Å²) in [5, 5.41) is 0. The van der Waals surface area contributed by atoms with Crippen LogP contribution in [0.15, 0.2) is 12.3 Å². The van der Waals surface area contributed by atoms with Crippen LogP contribution >= 0.6 is 0 Å². The van der Waals surface area contributed by atoms with E-state index in [0.717, 1.165) is 19.6 Å². The van der Waals surface area contributed by atoms with E-state index in [1.807, 2.05) is 18.4 Å². The molecule has 19 heavy (non-hydrogen) atoms. The number of nitrogens with zero attached hydrogens (tertiary/aromatic N) is 2. The van der Waals surface area contributed by atoms with Crippen molar-refractivity contribution in [1.29, 1.82) is 0 Å². The molecule has 0 aliphatic heterocycles. The Morgan fingerprint density at radius 2 is 2.05 bits per heavy atom. The summed E-state index contributed by atoms with van der Waals surface area (Å²) in [5.41, 5.74) is 6.85. The van der Waals surface area contributed by atoms with Gasteiger partial charge in [0, 0.05) is 18.8 Å². The average Bonchev–Trinajstić information content (AvgIpc) is 2.77. The summed E-state index contributed by atoms with van der Waals surface area (Å²) in [6.45, 7) is 11.3. The molecule has 1 aromatic heterocycles. The van der Waals surface area contributed by atoms with E-state index in [4.69, 9.17) is 10.5 Å². The standard InChI is InChI=1S/C14H25N3O2/c1-5-16(6-2)7-8-19-14(18)13-9-12(15)10-17(13)11(3)4/h9-11H,5-8,15H2,1-4H3. The van der Waals surface area contributed by atoms with E-state index in [1.165, 1.54) is 0 Å². The quantitative estimate of drug-likeness (QED) is 0.769. The second-order valence-electron chi connectivity index (χ2n) is 4.82. The van der Waals surface area contributed by atoms with E-state index < -0.39 is 0 Å². The van der Waals surface area contributed by atoms with Gasteiger partial charge in [-0.3, -0.25) is 0 Å². The molecule has 0 aliphatic rings. The van der Waals surface area contributed by atoms with E-state index in [9.17, 15) is 4.79 Å². The molecule has 108 valence electrons. The fraction of sp³-hybridized carbons (Fsp3) is 0.643. The lowest BCUT2D eigenvalue weighted by molar-refractivity contribution is 0.0452. The first-order valence-electron chi connectivity index (χ1n) is 6.86. The molecule has 1 aromatic rings. The SMILES string of the molecule is CCN(CC)CCOC(=O)c1cc(N)cn1C(C)C. The zero-order valence-corrected chi connectivity index (χ0v) is 12.3. The lowest BCUT2D eigenvalue weighted by Crippen LogP contribution is -2.28. The molecule has 0 fully saturated rings. The number of esters is 1. The Labute approximate surface area is 115 Å². The van der Waals surface area contributed by atoms with E-state index in [1.54, 1.807) is 12.3 Å². The van der Waals surface area contributed by atoms with Crippen molar-refractivity contribution >= 4 is 11.7 Å². The maximum atomic E-state index is 12.0. The van der Waals surface area contributed by atoms with Gasteiger partial charge in [0.05, 0.1) is 5.69 Å². The topological polar surface area (TPSA) is 60.5 Å². The highest BCUT2D eigenvalue weighted by atomic mass is 16.5. The van der Waals surface area contributed by atoms with Crippen LogP contribution in [0, 0.1) is 0 Å². The number of hydrogen-bond donors (Lipinski definition) is 1. The van der Waals surface area contributed by atoms with Gasteiger partial charge in [-0.2, -0.15) is 0 Å². The monoisotopic (exact) mass is 267 g/mol. The van der Waals surface area contributed by atoms with Crippen molar-refractivity contribution in [3.63, 3.8) is 0 Å². The molecule has 0 amide bonds. The molecule has 0 saturated carbocycles. The van der Waals surface area contributed by atoms with E-state index in [2.05, 4.69) is 18.7 Å². The zero-order valence-electron chi connectivity index (χ0n) is 12.3. The molecular formula is C14H25N3O2. The summed E-state index contributed by atoms with van der Waals surface area (Å²) in [7, 11) is 0. The van der Waals surface area contributed by atoms with Crippen LogP contribution < -0.4 is 5.73 Å². The smallest absolute Gasteiger partial charge is 0.355 e. The number of ether oxygens (including phenoxy) is 1. The van der Waals surface area contributed by atoms with Crippen molar-refractivity contribution in [1.82, 2.24) is 9.47 Å². The lowest BCUT2D eigenvalue weighted by atomic mass is 10.3. The lowest BCUT2D eigenvalue weighted by Gasteiger charge is -2.18. The van der Waals surface area contributed by atoms with Gasteiger partial charge < -0.3 is 19.9 Å². The molecule has 0 aliphatic carbocycles. The van der Waals surface area contributed by atoms with Crippen LogP contribution in [0.25, 0.3) is 0 Å². The number of nitrogens with two attached hydrogens (primary N) is 1. The zero-order chi connectivity index (χ0) is 14.4. The maximum Gasteiger partial charge on any atom is 0.355 e. The van der Waals surface area contributed by atoms with Gasteiger partial charge in [-0.15, -0.1) is 0 Å². The van der Waals surface area contributed by atoms with E-state index in [0.29, 0.717) is 18.0 Å². The van der Waals surface area contributed by atoms with Gasteiger partial charge in [0.2, 0.25) is 0 Å². The number of rotatable bonds is 7. The first-order chi connectivity index (χ1) is 8.99. The Hall–Kier alpha value is -1.49. The number of aromatic nitrogens is 1. The molecule has 0 spiro atoms. The predicted octanol–water partition coefficient (Wildman–Crippen LogP) is 2.15. The average molecular weight is 267 g/mol. The summed E-state index contributed by atoms with van der Waals surface area (Å²) in [4.78, 5) is 14.2. The first kappa shape index (κ1) is 15.6. The van der Waals surface area contributed by atoms with Gasteiger partial charge >= 0.3 is 5.97 Å². The van der Waals surface area contributed by atoms with Crippen molar-refractivity contribution < 1.29 is 9.53 Å². The molecule has 0 unspecified atom stereocenters. The largest absolute Gasteiger partial charge is 0.460 e. The van der Waals surface area contributed by atoms with Crippen LogP contribution in [0.3, 0.4) is 0 Å². The highest BCUT2D eigenvalue weighted by Crippen LogP contribution is 2.17. The van der Waals surface area contributed by atoms with E-state index in [-0.39, 0.29) is 12.0 Å². The minimum absolute atomic E-state index is 0.183. The molecule has 1 heterocycles. The molecule has 5 heteroatoms. The Morgan fingerprint density at radius 1 is 1.42 bits per heavy atom. The molecule has 5 nitrogen and oxygen atoms in total. The van der Waals surface area contributed by atoms with Gasteiger partial charge in [0.1, 0.15) is 12.3 Å². The molecule has 0 bridgehead atoms. The van der Waals surface area contributed by atoms with Gasteiger partial charge in [0.15, 0.2) is 0 Å². The van der Waals surface area contributed by atoms with Crippen LogP contribution in [0.2, 0.25) is 0 Å². The van der Waals surface area contributed by atoms with Crippen LogP contribution in [0.5, 0.6) is 0 Å². The summed E-state index contributed by atoms with van der Waals surface area (Å²) in [5.74, 6) is -0.308. The molecular weight excluding hydrogens is 242 g/mol. The summed E-state index contributed by atoms with van der Waals surface area (Å²) in [6, 6.07) is 1.85. The van der Waals surface area contributed by atoms with Gasteiger partial charge in [-0.25, -0.2) is 4.79 Å². The summed E-state index contributed by atoms with van der Waals surface area (Å²) in [6.07, 6.45) is 1.77. The Morgan fingerprint density at radius 3 is 2.58 bits per heavy atom. The van der Waals surface area contributed by atoms with Gasteiger partial charge in [0.25, 0.3) is 0 Å². The van der Waals surface area contributed by atoms with Gasteiger partial charge in [-0.05, 0) is 33.0 Å². The van der Waals surface area contributed by atoms with Crippen molar-refractivity contribution in [2.24, 2.45) is 0 Å². The first-order valence-corrected chi connectivity index (χ1v) is 6.86. The Balaban J connectivity index is 2.59. The molecule has 0 radical (unpaired) electrons. The second-order valence-corrected chi connectivity index (χ2v) is 4.82. The third-order valence-corrected chi connectivity index (χ3v) is 3.17. The highest BCUT2D eigenvalue weighted by Gasteiger charge is 2.16. The molecule has 1 rings (SSSR count). The van der Waals surface area contributed by atoms with Crippen molar-refractivity contribution in [3.05, 3.63) is 18.0 Å². The van der Waals surface area contributed by atoms with Crippen molar-refractivity contribution in [2.75, 3.05) is 32.0 Å². The number of hydrogen-bond acceptors (Lipinski definition) is 4. The molecule has 0 atom stereocenters. The fourth-order valence-corrected chi connectivity index (χ4v) is 1.97. The molecule has 0 saturated heterocycles. The predicted molar refractivity (Wildman–Crippen MR) is 77.3 cm³/mol. The maximum absolute atomic E-state index is 12.0. The van der Waals surface area contributed by atoms with Crippen LogP contribution in [-0.2, 0) is 4.74 Å². The number of anilines is 1. The van der Waals surface area contributed by atoms with Crippen LogP contribution in [0.4, 0.5) is 5.69 Å². The fourth-order valence-electron chi connectivity index (χ4n) is 1.97. The normalized spacial score (nSPS) is 11.3. The Kier molecular flexibility index (Phi) is 5.89.